The van der Waals surface area contributed by atoms with Crippen LogP contribution in [0.2, 0.25) is 0 Å². The Balaban J connectivity index is 1.44. The second-order valence-corrected chi connectivity index (χ2v) is 6.01. The molecule has 0 bridgehead atoms. The summed E-state index contributed by atoms with van der Waals surface area (Å²) in [4.78, 5) is 18.6. The minimum atomic E-state index is 0.0116. The van der Waals surface area contributed by atoms with Gasteiger partial charge in [0.1, 0.15) is 11.6 Å². The van der Waals surface area contributed by atoms with Crippen molar-refractivity contribution < 1.29 is 13.9 Å². The Morgan fingerprint density at radius 1 is 1.42 bits per heavy atom. The monoisotopic (exact) mass is 329 g/mol. The first kappa shape index (κ1) is 16.5. The summed E-state index contributed by atoms with van der Waals surface area (Å²) in [5, 5.41) is 2.91. The van der Waals surface area contributed by atoms with E-state index in [2.05, 4.69) is 22.1 Å². The molecule has 0 radical (unpaired) electrons. The molecular weight excluding hydrogens is 306 g/mol. The lowest BCUT2D eigenvalue weighted by atomic mass is 10.2. The van der Waals surface area contributed by atoms with Crippen LogP contribution in [0.4, 0.5) is 5.82 Å². The number of anilines is 1. The van der Waals surface area contributed by atoms with Crippen molar-refractivity contribution in [2.24, 2.45) is 0 Å². The first-order valence-electron chi connectivity index (χ1n) is 8.31. The number of pyridine rings is 1. The third-order valence-electron chi connectivity index (χ3n) is 4.04. The van der Waals surface area contributed by atoms with Gasteiger partial charge in [0.2, 0.25) is 5.91 Å². The highest BCUT2D eigenvalue weighted by Crippen LogP contribution is 2.15. The van der Waals surface area contributed by atoms with Crippen molar-refractivity contribution in [3.05, 3.63) is 48.0 Å². The first-order valence-corrected chi connectivity index (χ1v) is 8.31. The molecule has 3 rings (SSSR count). The van der Waals surface area contributed by atoms with E-state index in [9.17, 15) is 4.79 Å². The third-order valence-corrected chi connectivity index (χ3v) is 4.04. The van der Waals surface area contributed by atoms with Gasteiger partial charge in [0, 0.05) is 38.7 Å². The van der Waals surface area contributed by atoms with Crippen LogP contribution < -0.4 is 10.2 Å². The number of nitrogens with zero attached hydrogens (tertiary/aromatic N) is 2. The topological polar surface area (TPSA) is 67.6 Å². The Morgan fingerprint density at radius 2 is 2.33 bits per heavy atom. The van der Waals surface area contributed by atoms with E-state index in [1.54, 1.807) is 6.26 Å². The molecule has 1 aliphatic rings. The largest absolute Gasteiger partial charge is 0.469 e. The number of aryl methyl sites for hydroxylation is 1. The van der Waals surface area contributed by atoms with Crippen molar-refractivity contribution in [2.75, 3.05) is 24.6 Å². The summed E-state index contributed by atoms with van der Waals surface area (Å²) < 4.78 is 10.8. The van der Waals surface area contributed by atoms with E-state index in [0.717, 1.165) is 36.8 Å². The lowest BCUT2D eigenvalue weighted by Gasteiger charge is -2.32. The zero-order valence-corrected chi connectivity index (χ0v) is 13.9. The van der Waals surface area contributed by atoms with Crippen LogP contribution in [0.25, 0.3) is 0 Å². The summed E-state index contributed by atoms with van der Waals surface area (Å²) >= 11 is 0. The predicted molar refractivity (Wildman–Crippen MR) is 90.7 cm³/mol. The van der Waals surface area contributed by atoms with E-state index in [-0.39, 0.29) is 12.0 Å². The second kappa shape index (κ2) is 7.97. The van der Waals surface area contributed by atoms with Crippen molar-refractivity contribution in [1.82, 2.24) is 10.3 Å². The third kappa shape index (κ3) is 4.58. The van der Waals surface area contributed by atoms with Crippen LogP contribution in [-0.4, -0.2) is 36.7 Å². The number of amides is 1. The Kier molecular flexibility index (Phi) is 5.48. The maximum Gasteiger partial charge on any atom is 0.220 e. The number of carbonyl (C=O) groups is 1. The second-order valence-electron chi connectivity index (χ2n) is 6.01. The lowest BCUT2D eigenvalue weighted by Crippen LogP contribution is -2.41. The van der Waals surface area contributed by atoms with Gasteiger partial charge >= 0.3 is 0 Å². The highest BCUT2D eigenvalue weighted by Gasteiger charge is 2.17. The highest BCUT2D eigenvalue weighted by atomic mass is 16.5. The molecule has 1 unspecified atom stereocenters. The molecule has 0 spiro atoms. The summed E-state index contributed by atoms with van der Waals surface area (Å²) in [6.45, 7) is 5.01. The van der Waals surface area contributed by atoms with E-state index in [1.165, 1.54) is 0 Å². The number of furan rings is 1. The molecule has 3 heterocycles. The van der Waals surface area contributed by atoms with E-state index >= 15 is 0 Å². The summed E-state index contributed by atoms with van der Waals surface area (Å²) in [6, 6.07) is 7.72. The van der Waals surface area contributed by atoms with Gasteiger partial charge < -0.3 is 19.4 Å². The molecular formula is C18H23N3O3. The van der Waals surface area contributed by atoms with Crippen LogP contribution in [0, 0.1) is 0 Å². The average Bonchev–Trinajstić information content (AvgIpc) is 3.12. The Bertz CT molecular complexity index is 640. The van der Waals surface area contributed by atoms with Crippen LogP contribution in [-0.2, 0) is 22.5 Å². The fraction of sp³-hybridized carbons (Fsp3) is 0.444. The number of rotatable bonds is 6. The van der Waals surface area contributed by atoms with Crippen LogP contribution >= 0.6 is 0 Å². The molecule has 1 amide bonds. The minimum absolute atomic E-state index is 0.0116. The molecule has 1 saturated heterocycles. The van der Waals surface area contributed by atoms with Crippen molar-refractivity contribution in [3.63, 3.8) is 0 Å². The smallest absolute Gasteiger partial charge is 0.220 e. The Morgan fingerprint density at radius 3 is 3.04 bits per heavy atom. The van der Waals surface area contributed by atoms with Crippen molar-refractivity contribution in [2.45, 2.75) is 32.4 Å². The Hall–Kier alpha value is -2.34. The number of carbonyl (C=O) groups excluding carboxylic acids is 1. The van der Waals surface area contributed by atoms with Crippen molar-refractivity contribution >= 4 is 11.7 Å². The fourth-order valence-corrected chi connectivity index (χ4v) is 2.72. The average molecular weight is 329 g/mol. The van der Waals surface area contributed by atoms with E-state index in [1.807, 2.05) is 30.5 Å². The summed E-state index contributed by atoms with van der Waals surface area (Å²) in [5.74, 6) is 1.80. The summed E-state index contributed by atoms with van der Waals surface area (Å²) in [6.07, 6.45) is 4.71. The zero-order chi connectivity index (χ0) is 16.8. The number of nitrogens with one attached hydrogen (secondary N) is 1. The standard InChI is InChI=1S/C18H23N3O3/c1-14-13-21(8-10-23-14)17-6-4-15(11-19-17)12-20-18(22)7-5-16-3-2-9-24-16/h2-4,6,9,11,14H,5,7-8,10,12-13H2,1H3,(H,20,22). The van der Waals surface area contributed by atoms with Crippen LogP contribution in [0.5, 0.6) is 0 Å². The SMILES string of the molecule is CC1CN(c2ccc(CNC(=O)CCc3ccco3)cn2)CCO1. The highest BCUT2D eigenvalue weighted by molar-refractivity contribution is 5.76. The maximum atomic E-state index is 11.9. The van der Waals surface area contributed by atoms with E-state index < -0.39 is 0 Å². The van der Waals surface area contributed by atoms with Crippen LogP contribution in [0.3, 0.4) is 0 Å². The van der Waals surface area contributed by atoms with E-state index in [0.29, 0.717) is 19.4 Å². The van der Waals surface area contributed by atoms with E-state index in [4.69, 9.17) is 9.15 Å². The summed E-state index contributed by atoms with van der Waals surface area (Å²) in [7, 11) is 0. The number of ether oxygens (including phenoxy) is 1. The van der Waals surface area contributed by atoms with Crippen LogP contribution in [0.1, 0.15) is 24.7 Å². The quantitative estimate of drug-likeness (QED) is 0.879. The molecule has 1 aliphatic heterocycles. The maximum absolute atomic E-state index is 11.9. The fourth-order valence-electron chi connectivity index (χ4n) is 2.72. The number of aromatic nitrogens is 1. The first-order chi connectivity index (χ1) is 11.7. The van der Waals surface area contributed by atoms with Gasteiger partial charge in [-0.15, -0.1) is 0 Å². The summed E-state index contributed by atoms with van der Waals surface area (Å²) in [5.41, 5.74) is 0.992. The van der Waals surface area contributed by atoms with Gasteiger partial charge in [-0.3, -0.25) is 4.79 Å². The van der Waals surface area contributed by atoms with Gasteiger partial charge in [0.25, 0.3) is 0 Å². The van der Waals surface area contributed by atoms with Gasteiger partial charge in [-0.2, -0.15) is 0 Å². The molecule has 0 saturated carbocycles. The van der Waals surface area contributed by atoms with Gasteiger partial charge in [-0.1, -0.05) is 6.07 Å². The zero-order valence-electron chi connectivity index (χ0n) is 13.9. The van der Waals surface area contributed by atoms with Gasteiger partial charge in [-0.25, -0.2) is 4.98 Å². The molecule has 2 aromatic rings. The number of hydrogen-bond acceptors (Lipinski definition) is 5. The molecule has 6 nitrogen and oxygen atoms in total. The van der Waals surface area contributed by atoms with Crippen molar-refractivity contribution in [3.8, 4) is 0 Å². The number of hydrogen-bond donors (Lipinski definition) is 1. The van der Waals surface area contributed by atoms with Gasteiger partial charge in [0.15, 0.2) is 0 Å². The minimum Gasteiger partial charge on any atom is -0.469 e. The molecule has 1 N–H and O–H groups in total. The lowest BCUT2D eigenvalue weighted by molar-refractivity contribution is -0.121. The van der Waals surface area contributed by atoms with Crippen molar-refractivity contribution in [1.29, 1.82) is 0 Å². The molecule has 128 valence electrons. The molecule has 0 aromatic carbocycles. The molecule has 0 aliphatic carbocycles. The molecule has 6 heteroatoms. The Labute approximate surface area is 141 Å². The van der Waals surface area contributed by atoms with Gasteiger partial charge in [-0.05, 0) is 30.7 Å². The van der Waals surface area contributed by atoms with Crippen LogP contribution in [0.15, 0.2) is 41.1 Å². The predicted octanol–water partition coefficient (Wildman–Crippen LogP) is 2.15. The van der Waals surface area contributed by atoms with Gasteiger partial charge in [0.05, 0.1) is 19.0 Å². The number of morpholine rings is 1. The molecule has 2 aromatic heterocycles. The molecule has 1 fully saturated rings. The normalized spacial score (nSPS) is 17.7. The molecule has 1 atom stereocenters. The molecule has 24 heavy (non-hydrogen) atoms.